The van der Waals surface area contributed by atoms with Crippen LogP contribution in [0, 0.1) is 5.92 Å². The van der Waals surface area contributed by atoms with E-state index >= 15 is 0 Å². The number of rotatable bonds is 5. The topological polar surface area (TPSA) is 34.1 Å². The Kier molecular flexibility index (Phi) is 3.21. The van der Waals surface area contributed by atoms with Gasteiger partial charge in [-0.3, -0.25) is 0 Å². The van der Waals surface area contributed by atoms with E-state index in [1.165, 1.54) is 12.8 Å². The van der Waals surface area contributed by atoms with Gasteiger partial charge in [-0.15, -0.1) is 0 Å². The first-order valence-corrected chi connectivity index (χ1v) is 5.52. The summed E-state index contributed by atoms with van der Waals surface area (Å²) in [6.45, 7) is 3.09. The predicted molar refractivity (Wildman–Crippen MR) is 59.8 cm³/mol. The van der Waals surface area contributed by atoms with Gasteiger partial charge in [-0.05, 0) is 31.7 Å². The number of aromatic nitrogens is 1. The summed E-state index contributed by atoms with van der Waals surface area (Å²) in [5, 5.41) is 3.52. The van der Waals surface area contributed by atoms with E-state index in [0.717, 1.165) is 23.9 Å². The SMILES string of the molecule is COc1ncccc1CN[C@H](C)C1CC1. The van der Waals surface area contributed by atoms with Crippen LogP contribution in [-0.2, 0) is 6.54 Å². The molecular weight excluding hydrogens is 188 g/mol. The molecule has 0 aromatic carbocycles. The summed E-state index contributed by atoms with van der Waals surface area (Å²) in [7, 11) is 1.66. The maximum Gasteiger partial charge on any atom is 0.217 e. The first-order valence-electron chi connectivity index (χ1n) is 5.52. The van der Waals surface area contributed by atoms with E-state index in [1.54, 1.807) is 13.3 Å². The minimum atomic E-state index is 0.606. The van der Waals surface area contributed by atoms with Crippen molar-refractivity contribution < 1.29 is 4.74 Å². The standard InChI is InChI=1S/C12H18N2O/c1-9(10-5-6-10)14-8-11-4-3-7-13-12(11)15-2/h3-4,7,9-10,14H,5-6,8H2,1-2H3/t9-/m1/s1. The zero-order valence-electron chi connectivity index (χ0n) is 9.36. The van der Waals surface area contributed by atoms with E-state index in [-0.39, 0.29) is 0 Å². The quantitative estimate of drug-likeness (QED) is 0.800. The molecule has 0 radical (unpaired) electrons. The zero-order chi connectivity index (χ0) is 10.7. The normalized spacial score (nSPS) is 17.5. The fraction of sp³-hybridized carbons (Fsp3) is 0.583. The number of ether oxygens (including phenoxy) is 1. The number of methoxy groups -OCH3 is 1. The van der Waals surface area contributed by atoms with Crippen molar-refractivity contribution in [3.05, 3.63) is 23.9 Å². The average molecular weight is 206 g/mol. The average Bonchev–Trinajstić information content (AvgIpc) is 3.10. The van der Waals surface area contributed by atoms with Crippen LogP contribution < -0.4 is 10.1 Å². The second-order valence-corrected chi connectivity index (χ2v) is 4.18. The molecule has 1 heterocycles. The molecule has 82 valence electrons. The Hall–Kier alpha value is -1.09. The molecule has 0 bridgehead atoms. The molecule has 1 saturated carbocycles. The molecule has 15 heavy (non-hydrogen) atoms. The summed E-state index contributed by atoms with van der Waals surface area (Å²) < 4.78 is 5.20. The highest BCUT2D eigenvalue weighted by atomic mass is 16.5. The molecule has 0 amide bonds. The third kappa shape index (κ3) is 2.69. The molecule has 1 aromatic rings. The molecule has 1 aliphatic carbocycles. The van der Waals surface area contributed by atoms with E-state index in [4.69, 9.17) is 4.74 Å². The van der Waals surface area contributed by atoms with Gasteiger partial charge in [0.05, 0.1) is 7.11 Å². The molecule has 1 N–H and O–H groups in total. The molecule has 2 rings (SSSR count). The smallest absolute Gasteiger partial charge is 0.217 e. The Morgan fingerprint density at radius 1 is 1.60 bits per heavy atom. The van der Waals surface area contributed by atoms with E-state index in [2.05, 4.69) is 23.3 Å². The summed E-state index contributed by atoms with van der Waals surface area (Å²) in [5.41, 5.74) is 1.13. The minimum Gasteiger partial charge on any atom is -0.481 e. The van der Waals surface area contributed by atoms with Gasteiger partial charge in [-0.25, -0.2) is 4.98 Å². The maximum atomic E-state index is 5.20. The lowest BCUT2D eigenvalue weighted by Gasteiger charge is -2.13. The predicted octanol–water partition coefficient (Wildman–Crippen LogP) is 1.98. The van der Waals surface area contributed by atoms with E-state index in [9.17, 15) is 0 Å². The Morgan fingerprint density at radius 2 is 2.40 bits per heavy atom. The molecule has 1 atom stereocenters. The lowest BCUT2D eigenvalue weighted by atomic mass is 10.2. The fourth-order valence-corrected chi connectivity index (χ4v) is 1.78. The van der Waals surface area contributed by atoms with Crippen LogP contribution in [0.15, 0.2) is 18.3 Å². The molecule has 0 saturated heterocycles. The third-order valence-electron chi connectivity index (χ3n) is 2.99. The highest BCUT2D eigenvalue weighted by Gasteiger charge is 2.27. The van der Waals surface area contributed by atoms with Gasteiger partial charge >= 0.3 is 0 Å². The van der Waals surface area contributed by atoms with E-state index in [0.29, 0.717) is 6.04 Å². The highest BCUT2D eigenvalue weighted by Crippen LogP contribution is 2.32. The van der Waals surface area contributed by atoms with Gasteiger partial charge in [-0.2, -0.15) is 0 Å². The monoisotopic (exact) mass is 206 g/mol. The summed E-state index contributed by atoms with van der Waals surface area (Å²) in [4.78, 5) is 4.17. The summed E-state index contributed by atoms with van der Waals surface area (Å²) >= 11 is 0. The first-order chi connectivity index (χ1) is 7.31. The number of hydrogen-bond acceptors (Lipinski definition) is 3. The van der Waals surface area contributed by atoms with Crippen molar-refractivity contribution in [3.8, 4) is 5.88 Å². The fourth-order valence-electron chi connectivity index (χ4n) is 1.78. The van der Waals surface area contributed by atoms with Crippen LogP contribution in [0.3, 0.4) is 0 Å². The Bertz CT molecular complexity index is 323. The largest absolute Gasteiger partial charge is 0.481 e. The minimum absolute atomic E-state index is 0.606. The summed E-state index contributed by atoms with van der Waals surface area (Å²) in [6, 6.07) is 4.61. The van der Waals surface area contributed by atoms with Crippen LogP contribution in [0.4, 0.5) is 0 Å². The summed E-state index contributed by atoms with van der Waals surface area (Å²) in [5.74, 6) is 1.61. The van der Waals surface area contributed by atoms with Crippen molar-refractivity contribution in [2.45, 2.75) is 32.4 Å². The molecule has 1 aromatic heterocycles. The lowest BCUT2D eigenvalue weighted by Crippen LogP contribution is -2.27. The van der Waals surface area contributed by atoms with Gasteiger partial charge in [0.25, 0.3) is 0 Å². The lowest BCUT2D eigenvalue weighted by molar-refractivity contribution is 0.387. The Morgan fingerprint density at radius 3 is 3.07 bits per heavy atom. The molecule has 0 unspecified atom stereocenters. The molecule has 0 spiro atoms. The van der Waals surface area contributed by atoms with Gasteiger partial charge < -0.3 is 10.1 Å². The molecular formula is C12H18N2O. The van der Waals surface area contributed by atoms with Crippen LogP contribution in [0.1, 0.15) is 25.3 Å². The van der Waals surface area contributed by atoms with Crippen LogP contribution in [-0.4, -0.2) is 18.1 Å². The third-order valence-corrected chi connectivity index (χ3v) is 2.99. The van der Waals surface area contributed by atoms with Gasteiger partial charge in [0.2, 0.25) is 5.88 Å². The van der Waals surface area contributed by atoms with Crippen molar-refractivity contribution in [2.75, 3.05) is 7.11 Å². The molecule has 1 aliphatic rings. The van der Waals surface area contributed by atoms with Gasteiger partial charge in [-0.1, -0.05) is 6.07 Å². The zero-order valence-corrected chi connectivity index (χ0v) is 9.36. The number of nitrogens with one attached hydrogen (secondary N) is 1. The Labute approximate surface area is 90.9 Å². The first kappa shape index (κ1) is 10.4. The number of hydrogen-bond donors (Lipinski definition) is 1. The van der Waals surface area contributed by atoms with Gasteiger partial charge in [0.15, 0.2) is 0 Å². The number of nitrogens with zero attached hydrogens (tertiary/aromatic N) is 1. The van der Waals surface area contributed by atoms with E-state index < -0.39 is 0 Å². The van der Waals surface area contributed by atoms with Crippen LogP contribution in [0.2, 0.25) is 0 Å². The number of pyridine rings is 1. The van der Waals surface area contributed by atoms with Crippen molar-refractivity contribution in [1.29, 1.82) is 0 Å². The van der Waals surface area contributed by atoms with Crippen LogP contribution in [0.5, 0.6) is 5.88 Å². The van der Waals surface area contributed by atoms with E-state index in [1.807, 2.05) is 6.07 Å². The molecule has 3 heteroatoms. The van der Waals surface area contributed by atoms with Crippen LogP contribution in [0.25, 0.3) is 0 Å². The molecule has 0 aliphatic heterocycles. The van der Waals surface area contributed by atoms with Crippen molar-refractivity contribution in [2.24, 2.45) is 5.92 Å². The highest BCUT2D eigenvalue weighted by molar-refractivity contribution is 5.25. The van der Waals surface area contributed by atoms with Crippen molar-refractivity contribution in [3.63, 3.8) is 0 Å². The van der Waals surface area contributed by atoms with Gasteiger partial charge in [0.1, 0.15) is 0 Å². The summed E-state index contributed by atoms with van der Waals surface area (Å²) in [6.07, 6.45) is 4.50. The molecule has 3 nitrogen and oxygen atoms in total. The molecule has 1 fully saturated rings. The van der Waals surface area contributed by atoms with Gasteiger partial charge in [0, 0.05) is 24.3 Å². The second kappa shape index (κ2) is 4.62. The van der Waals surface area contributed by atoms with Crippen LogP contribution >= 0.6 is 0 Å². The van der Waals surface area contributed by atoms with Crippen molar-refractivity contribution in [1.82, 2.24) is 10.3 Å². The maximum absolute atomic E-state index is 5.20. The Balaban J connectivity index is 1.91. The second-order valence-electron chi connectivity index (χ2n) is 4.18. The van der Waals surface area contributed by atoms with Crippen molar-refractivity contribution >= 4 is 0 Å².